The zero-order valence-corrected chi connectivity index (χ0v) is 14.9. The van der Waals surface area contributed by atoms with Gasteiger partial charge in [0.2, 0.25) is 0 Å². The summed E-state index contributed by atoms with van der Waals surface area (Å²) in [6.45, 7) is 7.22. The molecule has 134 valence electrons. The van der Waals surface area contributed by atoms with Crippen LogP contribution in [0.1, 0.15) is 50.7 Å². The van der Waals surface area contributed by atoms with Crippen LogP contribution in [-0.2, 0) is 13.1 Å². The predicted octanol–water partition coefficient (Wildman–Crippen LogP) is 2.63. The molecule has 0 saturated carbocycles. The van der Waals surface area contributed by atoms with Crippen LogP contribution in [0, 0.1) is 0 Å². The smallest absolute Gasteiger partial charge is 0.315 e. The van der Waals surface area contributed by atoms with Gasteiger partial charge in [-0.3, -0.25) is 4.90 Å². The topological polar surface area (TPSA) is 64.6 Å². The number of aliphatic hydroxyl groups is 1. The van der Waals surface area contributed by atoms with Gasteiger partial charge in [0, 0.05) is 25.7 Å². The van der Waals surface area contributed by atoms with Crippen LogP contribution in [-0.4, -0.2) is 41.3 Å². The summed E-state index contributed by atoms with van der Waals surface area (Å²) in [5.41, 5.74) is 2.42. The van der Waals surface area contributed by atoms with Gasteiger partial charge in [0.25, 0.3) is 0 Å². The van der Waals surface area contributed by atoms with Crippen molar-refractivity contribution in [3.8, 4) is 0 Å². The Hall–Kier alpha value is -1.59. The van der Waals surface area contributed by atoms with E-state index in [9.17, 15) is 4.79 Å². The molecular formula is C19H31N3O2. The van der Waals surface area contributed by atoms with Crippen LogP contribution in [0.15, 0.2) is 24.3 Å². The molecule has 2 atom stereocenters. The lowest BCUT2D eigenvalue weighted by molar-refractivity contribution is 0.152. The number of hydrogen-bond donors (Lipinski definition) is 3. The van der Waals surface area contributed by atoms with Gasteiger partial charge in [-0.25, -0.2) is 4.79 Å². The Morgan fingerprint density at radius 2 is 1.96 bits per heavy atom. The zero-order chi connectivity index (χ0) is 17.4. The van der Waals surface area contributed by atoms with Crippen LogP contribution < -0.4 is 10.6 Å². The van der Waals surface area contributed by atoms with Crippen molar-refractivity contribution in [3.63, 3.8) is 0 Å². The number of carbonyl (C=O) groups excluding carboxylic acids is 1. The maximum Gasteiger partial charge on any atom is 0.315 e. The number of aliphatic hydroxyl groups excluding tert-OH is 1. The number of rotatable bonds is 7. The zero-order valence-electron chi connectivity index (χ0n) is 14.9. The molecule has 0 spiro atoms. The number of hydrogen-bond acceptors (Lipinski definition) is 3. The van der Waals surface area contributed by atoms with Crippen LogP contribution >= 0.6 is 0 Å². The lowest BCUT2D eigenvalue weighted by Gasteiger charge is -2.33. The predicted molar refractivity (Wildman–Crippen MR) is 96.7 cm³/mol. The summed E-state index contributed by atoms with van der Waals surface area (Å²) in [7, 11) is 0. The van der Waals surface area contributed by atoms with Gasteiger partial charge in [0.1, 0.15) is 0 Å². The maximum absolute atomic E-state index is 11.7. The van der Waals surface area contributed by atoms with Crippen molar-refractivity contribution in [2.24, 2.45) is 0 Å². The fourth-order valence-corrected chi connectivity index (χ4v) is 3.03. The molecule has 5 nitrogen and oxygen atoms in total. The van der Waals surface area contributed by atoms with E-state index >= 15 is 0 Å². The first-order valence-electron chi connectivity index (χ1n) is 9.06. The van der Waals surface area contributed by atoms with E-state index in [1.165, 1.54) is 31.4 Å². The maximum atomic E-state index is 11.7. The Kier molecular flexibility index (Phi) is 7.53. The molecule has 1 saturated heterocycles. The highest BCUT2D eigenvalue weighted by Gasteiger charge is 2.17. The molecule has 0 bridgehead atoms. The molecule has 1 aromatic carbocycles. The Labute approximate surface area is 145 Å². The molecule has 5 heteroatoms. The molecule has 0 aromatic heterocycles. The standard InChI is InChI=1S/C19H31N3O2/c1-15-5-3-4-12-22(15)14-18-8-6-17(7-9-18)13-21-19(24)20-11-10-16(2)23/h6-9,15-16,23H,3-5,10-14H2,1-2H3,(H2,20,21,24). The van der Waals surface area contributed by atoms with E-state index in [1.807, 2.05) is 0 Å². The molecule has 2 unspecified atom stereocenters. The molecule has 1 heterocycles. The van der Waals surface area contributed by atoms with Gasteiger partial charge in [-0.15, -0.1) is 0 Å². The first-order chi connectivity index (χ1) is 11.5. The largest absolute Gasteiger partial charge is 0.393 e. The number of benzene rings is 1. The summed E-state index contributed by atoms with van der Waals surface area (Å²) in [5.74, 6) is 0. The van der Waals surface area contributed by atoms with Gasteiger partial charge in [-0.2, -0.15) is 0 Å². The number of amides is 2. The second-order valence-electron chi connectivity index (χ2n) is 6.88. The molecule has 1 fully saturated rings. The Balaban J connectivity index is 1.72. The average molecular weight is 333 g/mol. The summed E-state index contributed by atoms with van der Waals surface area (Å²) in [5, 5.41) is 14.7. The number of piperidine rings is 1. The number of carbonyl (C=O) groups is 1. The fraction of sp³-hybridized carbons (Fsp3) is 0.632. The highest BCUT2D eigenvalue weighted by atomic mass is 16.3. The summed E-state index contributed by atoms with van der Waals surface area (Å²) in [6.07, 6.45) is 4.13. The van der Waals surface area contributed by atoms with E-state index in [4.69, 9.17) is 5.11 Å². The Morgan fingerprint density at radius 3 is 2.62 bits per heavy atom. The number of urea groups is 1. The normalized spacial score (nSPS) is 19.7. The minimum absolute atomic E-state index is 0.193. The van der Waals surface area contributed by atoms with Gasteiger partial charge in [-0.1, -0.05) is 30.7 Å². The minimum atomic E-state index is -0.388. The molecule has 1 aliphatic heterocycles. The second-order valence-corrected chi connectivity index (χ2v) is 6.88. The van der Waals surface area contributed by atoms with Crippen LogP contribution in [0.3, 0.4) is 0 Å². The van der Waals surface area contributed by atoms with E-state index in [0.29, 0.717) is 25.6 Å². The third-order valence-electron chi connectivity index (χ3n) is 4.65. The van der Waals surface area contributed by atoms with Gasteiger partial charge in [0.05, 0.1) is 6.10 Å². The van der Waals surface area contributed by atoms with Crippen molar-refractivity contribution in [2.45, 2.75) is 64.8 Å². The molecule has 1 aliphatic rings. The highest BCUT2D eigenvalue weighted by Crippen LogP contribution is 2.19. The van der Waals surface area contributed by atoms with E-state index in [1.54, 1.807) is 6.92 Å². The molecule has 2 rings (SSSR count). The summed E-state index contributed by atoms with van der Waals surface area (Å²) in [4.78, 5) is 14.2. The third kappa shape index (κ3) is 6.49. The Bertz CT molecular complexity index is 502. The van der Waals surface area contributed by atoms with Crippen LogP contribution in [0.2, 0.25) is 0 Å². The number of nitrogens with zero attached hydrogens (tertiary/aromatic N) is 1. The monoisotopic (exact) mass is 333 g/mol. The average Bonchev–Trinajstić information content (AvgIpc) is 2.56. The molecule has 1 aromatic rings. The number of likely N-dealkylation sites (tertiary alicyclic amines) is 1. The van der Waals surface area contributed by atoms with Crippen molar-refractivity contribution in [1.29, 1.82) is 0 Å². The second kappa shape index (κ2) is 9.64. The summed E-state index contributed by atoms with van der Waals surface area (Å²) >= 11 is 0. The van der Waals surface area contributed by atoms with Gasteiger partial charge >= 0.3 is 6.03 Å². The number of nitrogens with one attached hydrogen (secondary N) is 2. The van der Waals surface area contributed by atoms with Crippen molar-refractivity contribution < 1.29 is 9.90 Å². The van der Waals surface area contributed by atoms with E-state index in [2.05, 4.69) is 46.7 Å². The van der Waals surface area contributed by atoms with Crippen molar-refractivity contribution in [3.05, 3.63) is 35.4 Å². The molecule has 0 radical (unpaired) electrons. The van der Waals surface area contributed by atoms with Crippen molar-refractivity contribution in [2.75, 3.05) is 13.1 Å². The van der Waals surface area contributed by atoms with E-state index in [0.717, 1.165) is 12.1 Å². The first kappa shape index (κ1) is 18.7. The van der Waals surface area contributed by atoms with Crippen molar-refractivity contribution >= 4 is 6.03 Å². The minimum Gasteiger partial charge on any atom is -0.393 e. The molecule has 3 N–H and O–H groups in total. The van der Waals surface area contributed by atoms with Crippen molar-refractivity contribution in [1.82, 2.24) is 15.5 Å². The molecular weight excluding hydrogens is 302 g/mol. The lowest BCUT2D eigenvalue weighted by Crippen LogP contribution is -2.36. The quantitative estimate of drug-likeness (QED) is 0.719. The van der Waals surface area contributed by atoms with E-state index in [-0.39, 0.29) is 12.1 Å². The van der Waals surface area contributed by atoms with Gasteiger partial charge in [0.15, 0.2) is 0 Å². The summed E-state index contributed by atoms with van der Waals surface area (Å²) in [6, 6.07) is 8.96. The SMILES string of the molecule is CC(O)CCNC(=O)NCc1ccc(CN2CCCCC2C)cc1. The van der Waals surface area contributed by atoms with E-state index < -0.39 is 0 Å². The highest BCUT2D eigenvalue weighted by molar-refractivity contribution is 5.73. The fourth-order valence-electron chi connectivity index (χ4n) is 3.03. The molecule has 2 amide bonds. The van der Waals surface area contributed by atoms with Gasteiger partial charge < -0.3 is 15.7 Å². The van der Waals surface area contributed by atoms with Crippen LogP contribution in [0.25, 0.3) is 0 Å². The summed E-state index contributed by atoms with van der Waals surface area (Å²) < 4.78 is 0. The lowest BCUT2D eigenvalue weighted by atomic mass is 10.0. The first-order valence-corrected chi connectivity index (χ1v) is 9.06. The Morgan fingerprint density at radius 1 is 1.25 bits per heavy atom. The van der Waals surface area contributed by atoms with Crippen LogP contribution in [0.5, 0.6) is 0 Å². The molecule has 24 heavy (non-hydrogen) atoms. The van der Waals surface area contributed by atoms with Gasteiger partial charge in [-0.05, 0) is 50.8 Å². The third-order valence-corrected chi connectivity index (χ3v) is 4.65. The molecule has 0 aliphatic carbocycles. The van der Waals surface area contributed by atoms with Crippen LogP contribution in [0.4, 0.5) is 4.79 Å².